The first-order valence-electron chi connectivity index (χ1n) is 8.07. The average Bonchev–Trinajstić information content (AvgIpc) is 3.07. The van der Waals surface area contributed by atoms with Gasteiger partial charge in [0.1, 0.15) is 5.75 Å². The molecule has 0 aromatic heterocycles. The third-order valence-corrected chi connectivity index (χ3v) is 5.39. The fourth-order valence-electron chi connectivity index (χ4n) is 3.39. The zero-order chi connectivity index (χ0) is 16.7. The average molecular weight is 362 g/mol. The molecule has 0 saturated carbocycles. The Morgan fingerprint density at radius 1 is 1.12 bits per heavy atom. The lowest BCUT2D eigenvalue weighted by Crippen LogP contribution is -2.36. The molecule has 1 amide bonds. The number of nitrogens with zero attached hydrogens (tertiary/aromatic N) is 1. The molecule has 0 spiro atoms. The van der Waals surface area contributed by atoms with Crippen molar-refractivity contribution in [1.29, 1.82) is 0 Å². The number of amides is 1. The van der Waals surface area contributed by atoms with Gasteiger partial charge in [-0.1, -0.05) is 23.7 Å². The molecule has 0 N–H and O–H groups in total. The number of hydrogen-bond donors (Lipinski definition) is 0. The molecular formula is C19H17Cl2NO2. The number of halogens is 2. The molecule has 2 aromatic rings. The zero-order valence-corrected chi connectivity index (χ0v) is 14.7. The molecule has 3 nitrogen and oxygen atoms in total. The molecule has 0 bridgehead atoms. The minimum Gasteiger partial charge on any atom is -0.493 e. The maximum atomic E-state index is 12.8. The van der Waals surface area contributed by atoms with Gasteiger partial charge in [-0.2, -0.15) is 0 Å². The van der Waals surface area contributed by atoms with Gasteiger partial charge < -0.3 is 9.64 Å². The van der Waals surface area contributed by atoms with Crippen LogP contribution in [0.4, 0.5) is 0 Å². The predicted octanol–water partition coefficient (Wildman–Crippen LogP) is 4.21. The third-order valence-electron chi connectivity index (χ3n) is 4.76. The van der Waals surface area contributed by atoms with Gasteiger partial charge in [0.15, 0.2) is 0 Å². The minimum absolute atomic E-state index is 0.0384. The summed E-state index contributed by atoms with van der Waals surface area (Å²) in [5, 5.41) is 0.670. The third kappa shape index (κ3) is 2.76. The Labute approximate surface area is 151 Å². The number of benzene rings is 2. The highest BCUT2D eigenvalue weighted by atomic mass is 35.5. The minimum atomic E-state index is 0.0384. The zero-order valence-electron chi connectivity index (χ0n) is 13.1. The van der Waals surface area contributed by atoms with E-state index >= 15 is 0 Å². The van der Waals surface area contributed by atoms with Crippen LogP contribution in [-0.2, 0) is 25.3 Å². The number of hydrogen-bond acceptors (Lipinski definition) is 2. The Kier molecular flexibility index (Phi) is 4.15. The first kappa shape index (κ1) is 15.8. The molecule has 0 saturated heterocycles. The van der Waals surface area contributed by atoms with Gasteiger partial charge in [0.25, 0.3) is 5.91 Å². The van der Waals surface area contributed by atoms with Crippen molar-refractivity contribution in [2.45, 2.75) is 25.3 Å². The van der Waals surface area contributed by atoms with E-state index in [1.54, 1.807) is 0 Å². The van der Waals surface area contributed by atoms with Crippen LogP contribution in [0.5, 0.6) is 5.75 Å². The standard InChI is InChI=1S/C19H17Cl2NO2/c20-10-15-7-13-3-5-22(11-16(13)8-17(15)21)19(23)14-2-1-12-4-6-24-18(12)9-14/h1-2,7-9H,3-6,10-11H2. The second-order valence-corrected chi connectivity index (χ2v) is 6.92. The van der Waals surface area contributed by atoms with Crippen LogP contribution in [0.1, 0.15) is 32.6 Å². The Morgan fingerprint density at radius 2 is 2.00 bits per heavy atom. The van der Waals surface area contributed by atoms with E-state index in [2.05, 4.69) is 6.07 Å². The molecule has 124 valence electrons. The Morgan fingerprint density at radius 3 is 2.83 bits per heavy atom. The summed E-state index contributed by atoms with van der Waals surface area (Å²) in [5.74, 6) is 1.29. The second-order valence-electron chi connectivity index (χ2n) is 6.24. The highest BCUT2D eigenvalue weighted by molar-refractivity contribution is 6.32. The van der Waals surface area contributed by atoms with Crippen LogP contribution < -0.4 is 4.74 Å². The molecule has 0 unspecified atom stereocenters. The van der Waals surface area contributed by atoms with Crippen molar-refractivity contribution in [2.24, 2.45) is 0 Å². The van der Waals surface area contributed by atoms with E-state index in [0.717, 1.165) is 29.7 Å². The van der Waals surface area contributed by atoms with E-state index in [0.29, 0.717) is 36.2 Å². The number of fused-ring (bicyclic) bond motifs is 2. The Balaban J connectivity index is 1.58. The molecule has 0 radical (unpaired) electrons. The highest BCUT2D eigenvalue weighted by Gasteiger charge is 2.24. The summed E-state index contributed by atoms with van der Waals surface area (Å²) in [7, 11) is 0. The quantitative estimate of drug-likeness (QED) is 0.749. The van der Waals surface area contributed by atoms with Crippen molar-refractivity contribution >= 4 is 29.1 Å². The summed E-state index contributed by atoms with van der Waals surface area (Å²) >= 11 is 12.2. The number of carbonyl (C=O) groups is 1. The molecule has 2 aliphatic heterocycles. The molecule has 0 fully saturated rings. The second kappa shape index (κ2) is 6.30. The van der Waals surface area contributed by atoms with Gasteiger partial charge in [0.2, 0.25) is 0 Å². The van der Waals surface area contributed by atoms with Gasteiger partial charge in [0.05, 0.1) is 6.61 Å². The summed E-state index contributed by atoms with van der Waals surface area (Å²) in [6.07, 6.45) is 1.74. The van der Waals surface area contributed by atoms with Crippen molar-refractivity contribution in [3.63, 3.8) is 0 Å². The molecule has 2 heterocycles. The first-order chi connectivity index (χ1) is 11.7. The fraction of sp³-hybridized carbons (Fsp3) is 0.316. The summed E-state index contributed by atoms with van der Waals surface area (Å²) in [6.45, 7) is 1.98. The molecule has 2 aromatic carbocycles. The molecule has 4 rings (SSSR count). The normalized spacial score (nSPS) is 15.7. The molecular weight excluding hydrogens is 345 g/mol. The highest BCUT2D eigenvalue weighted by Crippen LogP contribution is 2.30. The van der Waals surface area contributed by atoms with Crippen molar-refractivity contribution in [3.05, 3.63) is 63.2 Å². The van der Waals surface area contributed by atoms with Crippen LogP contribution in [0, 0.1) is 0 Å². The number of ether oxygens (including phenoxy) is 1. The Bertz CT molecular complexity index is 819. The first-order valence-corrected chi connectivity index (χ1v) is 8.98. The van der Waals surface area contributed by atoms with Crippen LogP contribution in [0.2, 0.25) is 5.02 Å². The van der Waals surface area contributed by atoms with Gasteiger partial charge in [-0.3, -0.25) is 4.79 Å². The van der Waals surface area contributed by atoms with Gasteiger partial charge in [-0.15, -0.1) is 11.6 Å². The van der Waals surface area contributed by atoms with Crippen LogP contribution >= 0.6 is 23.2 Å². The molecule has 5 heteroatoms. The molecule has 0 atom stereocenters. The van der Waals surface area contributed by atoms with Crippen LogP contribution in [-0.4, -0.2) is 24.0 Å². The van der Waals surface area contributed by atoms with Crippen LogP contribution in [0.15, 0.2) is 30.3 Å². The SMILES string of the molecule is O=C(c1ccc2c(c1)OCC2)N1CCc2cc(CCl)c(Cl)cc2C1. The van der Waals surface area contributed by atoms with E-state index in [-0.39, 0.29) is 5.91 Å². The van der Waals surface area contributed by atoms with Gasteiger partial charge in [0, 0.05) is 36.0 Å². The predicted molar refractivity (Wildman–Crippen MR) is 95.1 cm³/mol. The van der Waals surface area contributed by atoms with Crippen molar-refractivity contribution in [3.8, 4) is 5.75 Å². The number of rotatable bonds is 2. The lowest BCUT2D eigenvalue weighted by atomic mass is 9.97. The summed E-state index contributed by atoms with van der Waals surface area (Å²) in [6, 6.07) is 9.77. The Hall–Kier alpha value is -1.71. The summed E-state index contributed by atoms with van der Waals surface area (Å²) in [5.41, 5.74) is 5.15. The van der Waals surface area contributed by atoms with E-state index < -0.39 is 0 Å². The smallest absolute Gasteiger partial charge is 0.254 e. The largest absolute Gasteiger partial charge is 0.493 e. The van der Waals surface area contributed by atoms with Crippen molar-refractivity contribution in [1.82, 2.24) is 4.90 Å². The van der Waals surface area contributed by atoms with E-state index in [1.165, 1.54) is 11.1 Å². The monoisotopic (exact) mass is 361 g/mol. The summed E-state index contributed by atoms with van der Waals surface area (Å²) < 4.78 is 5.57. The van der Waals surface area contributed by atoms with Crippen molar-refractivity contribution < 1.29 is 9.53 Å². The molecule has 0 aliphatic carbocycles. The maximum absolute atomic E-state index is 12.8. The topological polar surface area (TPSA) is 29.5 Å². The van der Waals surface area contributed by atoms with E-state index in [9.17, 15) is 4.79 Å². The number of alkyl halides is 1. The van der Waals surface area contributed by atoms with Crippen LogP contribution in [0.25, 0.3) is 0 Å². The molecule has 2 aliphatic rings. The number of carbonyl (C=O) groups excluding carboxylic acids is 1. The van der Waals surface area contributed by atoms with E-state index in [4.69, 9.17) is 27.9 Å². The lowest BCUT2D eigenvalue weighted by Gasteiger charge is -2.29. The van der Waals surface area contributed by atoms with Gasteiger partial charge in [-0.05, 0) is 46.9 Å². The van der Waals surface area contributed by atoms with Gasteiger partial charge >= 0.3 is 0 Å². The molecule has 24 heavy (non-hydrogen) atoms. The fourth-order valence-corrected chi connectivity index (χ4v) is 3.93. The lowest BCUT2D eigenvalue weighted by molar-refractivity contribution is 0.0734. The van der Waals surface area contributed by atoms with E-state index in [1.807, 2.05) is 29.2 Å². The maximum Gasteiger partial charge on any atom is 0.254 e. The van der Waals surface area contributed by atoms with Crippen LogP contribution in [0.3, 0.4) is 0 Å². The van der Waals surface area contributed by atoms with Crippen molar-refractivity contribution in [2.75, 3.05) is 13.2 Å². The van der Waals surface area contributed by atoms with Gasteiger partial charge in [-0.25, -0.2) is 0 Å². The summed E-state index contributed by atoms with van der Waals surface area (Å²) in [4.78, 5) is 14.7.